The summed E-state index contributed by atoms with van der Waals surface area (Å²) >= 11 is 3.76. The topological polar surface area (TPSA) is 95.2 Å². The molecule has 204 valence electrons. The third-order valence-corrected chi connectivity index (χ3v) is 9.52. The molecule has 0 spiro atoms. The van der Waals surface area contributed by atoms with Gasteiger partial charge in [0.2, 0.25) is 0 Å². The molecule has 0 amide bonds. The lowest BCUT2D eigenvalue weighted by molar-refractivity contribution is 1.43. The first-order valence-electron chi connectivity index (χ1n) is 14.2. The fraction of sp³-hybridized carbons (Fsp3) is 0. The molecule has 0 atom stereocenters. The van der Waals surface area contributed by atoms with E-state index < -0.39 is 0 Å². The first kappa shape index (κ1) is 26.4. The highest BCUT2D eigenvalue weighted by molar-refractivity contribution is 9.10. The second-order valence-corrected chi connectivity index (χ2v) is 11.8. The predicted octanol–water partition coefficient (Wildman–Crippen LogP) is 10.4. The maximum absolute atomic E-state index is 10.4. The Bertz CT molecular complexity index is 2510. The molecular weight excluding hydrogens is 616 g/mol. The minimum absolute atomic E-state index is 0.312. The largest absolute Gasteiger partial charge is 0.192 e. The molecule has 0 N–H and O–H groups in total. The number of nitrogens with zero attached hydrogens (tertiary/aromatic N) is 4. The van der Waals surface area contributed by atoms with E-state index in [1.807, 2.05) is 48.5 Å². The van der Waals surface area contributed by atoms with Crippen molar-refractivity contribution in [3.05, 3.63) is 130 Å². The van der Waals surface area contributed by atoms with Crippen LogP contribution in [0.1, 0.15) is 22.3 Å². The summed E-state index contributed by atoms with van der Waals surface area (Å²) in [5.41, 5.74) is 8.21. The number of nitriles is 4. The summed E-state index contributed by atoms with van der Waals surface area (Å²) in [6.07, 6.45) is 0. The van der Waals surface area contributed by atoms with Crippen LogP contribution in [0.2, 0.25) is 0 Å². The lowest BCUT2D eigenvalue weighted by Gasteiger charge is -2.22. The predicted molar refractivity (Wildman–Crippen MR) is 181 cm³/mol. The SMILES string of the molecule is N#Cc1cccc(-c2c3c(c(-c4cccc(C#N)c4C#N)c4cc5ccccc5cc24)-c2ccc(Br)c4cccc-3c24)c1C#N. The fourth-order valence-electron chi connectivity index (χ4n) is 7.01. The van der Waals surface area contributed by atoms with Gasteiger partial charge in [-0.25, -0.2) is 0 Å². The summed E-state index contributed by atoms with van der Waals surface area (Å²) < 4.78 is 0.961. The Hall–Kier alpha value is -6.24. The molecule has 0 saturated heterocycles. The molecule has 0 aliphatic heterocycles. The first-order valence-corrected chi connectivity index (χ1v) is 15.0. The van der Waals surface area contributed by atoms with Crippen molar-refractivity contribution in [1.29, 1.82) is 21.0 Å². The second kappa shape index (κ2) is 9.91. The van der Waals surface area contributed by atoms with Gasteiger partial charge in [0.05, 0.1) is 22.3 Å². The molecule has 7 aromatic rings. The van der Waals surface area contributed by atoms with E-state index in [1.54, 1.807) is 12.1 Å². The monoisotopic (exact) mass is 632 g/mol. The minimum atomic E-state index is 0.312. The number of benzene rings is 7. The van der Waals surface area contributed by atoms with Crippen LogP contribution in [0.15, 0.2) is 108 Å². The molecule has 0 radical (unpaired) electrons. The van der Waals surface area contributed by atoms with E-state index in [1.165, 1.54) is 0 Å². The maximum Gasteiger partial charge on any atom is 0.101 e. The van der Waals surface area contributed by atoms with Gasteiger partial charge in [-0.2, -0.15) is 21.0 Å². The van der Waals surface area contributed by atoms with E-state index in [9.17, 15) is 21.0 Å². The number of hydrogen-bond acceptors (Lipinski definition) is 4. The lowest BCUT2D eigenvalue weighted by Crippen LogP contribution is -1.98. The van der Waals surface area contributed by atoms with Crippen LogP contribution in [0, 0.1) is 45.3 Å². The molecule has 0 bridgehead atoms. The van der Waals surface area contributed by atoms with Crippen molar-refractivity contribution in [2.45, 2.75) is 0 Å². The first-order chi connectivity index (χ1) is 22.1. The van der Waals surface area contributed by atoms with Crippen molar-refractivity contribution in [2.75, 3.05) is 0 Å². The van der Waals surface area contributed by atoms with Crippen molar-refractivity contribution < 1.29 is 0 Å². The zero-order chi connectivity index (χ0) is 30.8. The van der Waals surface area contributed by atoms with Crippen LogP contribution in [-0.2, 0) is 0 Å². The van der Waals surface area contributed by atoms with Crippen LogP contribution >= 0.6 is 15.9 Å². The zero-order valence-electron chi connectivity index (χ0n) is 23.5. The minimum Gasteiger partial charge on any atom is -0.192 e. The average Bonchev–Trinajstić information content (AvgIpc) is 3.41. The van der Waals surface area contributed by atoms with Gasteiger partial charge in [-0.05, 0) is 96.0 Å². The van der Waals surface area contributed by atoms with Gasteiger partial charge in [0.1, 0.15) is 24.3 Å². The Labute approximate surface area is 267 Å². The number of fused-ring (bicyclic) bond motifs is 5. The zero-order valence-corrected chi connectivity index (χ0v) is 25.1. The van der Waals surface area contributed by atoms with E-state index >= 15 is 0 Å². The molecule has 4 nitrogen and oxygen atoms in total. The van der Waals surface area contributed by atoms with Gasteiger partial charge in [0.25, 0.3) is 0 Å². The van der Waals surface area contributed by atoms with E-state index in [-0.39, 0.29) is 0 Å². The molecule has 1 aliphatic carbocycles. The number of hydrogen-bond donors (Lipinski definition) is 0. The molecule has 45 heavy (non-hydrogen) atoms. The Morgan fingerprint density at radius 3 is 1.42 bits per heavy atom. The Balaban J connectivity index is 1.72. The normalized spacial score (nSPS) is 11.1. The van der Waals surface area contributed by atoms with Gasteiger partial charge < -0.3 is 0 Å². The summed E-state index contributed by atoms with van der Waals surface area (Å²) in [4.78, 5) is 0. The van der Waals surface area contributed by atoms with Crippen LogP contribution in [0.4, 0.5) is 0 Å². The quantitative estimate of drug-likeness (QED) is 0.177. The van der Waals surface area contributed by atoms with Gasteiger partial charge in [0, 0.05) is 15.6 Å². The summed E-state index contributed by atoms with van der Waals surface area (Å²) in [6, 6.07) is 42.7. The summed E-state index contributed by atoms with van der Waals surface area (Å²) in [7, 11) is 0. The Morgan fingerprint density at radius 1 is 0.422 bits per heavy atom. The van der Waals surface area contributed by atoms with Crippen LogP contribution in [0.3, 0.4) is 0 Å². The second-order valence-electron chi connectivity index (χ2n) is 11.0. The molecule has 1 aliphatic rings. The number of halogens is 1. The third kappa shape index (κ3) is 3.60. The molecule has 0 saturated carbocycles. The fourth-order valence-corrected chi connectivity index (χ4v) is 7.47. The van der Waals surface area contributed by atoms with Gasteiger partial charge in [-0.15, -0.1) is 0 Å². The molecule has 0 heterocycles. The van der Waals surface area contributed by atoms with Gasteiger partial charge in [-0.3, -0.25) is 0 Å². The molecule has 5 heteroatoms. The van der Waals surface area contributed by atoms with Gasteiger partial charge >= 0.3 is 0 Å². The molecular formula is C40H17BrN4. The van der Waals surface area contributed by atoms with Crippen LogP contribution in [0.25, 0.3) is 76.8 Å². The number of rotatable bonds is 2. The van der Waals surface area contributed by atoms with Crippen LogP contribution in [-0.4, -0.2) is 0 Å². The highest BCUT2D eigenvalue weighted by Gasteiger charge is 2.33. The van der Waals surface area contributed by atoms with E-state index in [0.717, 1.165) is 70.2 Å². The Kier molecular flexibility index (Phi) is 5.81. The lowest BCUT2D eigenvalue weighted by atomic mass is 9.79. The highest BCUT2D eigenvalue weighted by atomic mass is 79.9. The summed E-state index contributed by atoms with van der Waals surface area (Å²) in [6.45, 7) is 0. The van der Waals surface area contributed by atoms with Crippen molar-refractivity contribution in [1.82, 2.24) is 0 Å². The maximum atomic E-state index is 10.4. The van der Waals surface area contributed by atoms with Crippen LogP contribution < -0.4 is 0 Å². The van der Waals surface area contributed by atoms with Gasteiger partial charge in [-0.1, -0.05) is 88.7 Å². The molecule has 0 aromatic heterocycles. The summed E-state index contributed by atoms with van der Waals surface area (Å²) in [5, 5.41) is 46.8. The van der Waals surface area contributed by atoms with Gasteiger partial charge in [0.15, 0.2) is 0 Å². The van der Waals surface area contributed by atoms with Crippen LogP contribution in [0.5, 0.6) is 0 Å². The van der Waals surface area contributed by atoms with Crippen molar-refractivity contribution in [3.8, 4) is 68.8 Å². The third-order valence-electron chi connectivity index (χ3n) is 8.83. The highest BCUT2D eigenvalue weighted by Crippen LogP contribution is 2.59. The van der Waals surface area contributed by atoms with Crippen molar-refractivity contribution >= 4 is 48.2 Å². The molecule has 0 fully saturated rings. The molecule has 7 aromatic carbocycles. The van der Waals surface area contributed by atoms with E-state index in [0.29, 0.717) is 33.4 Å². The molecule has 0 unspecified atom stereocenters. The average molecular weight is 634 g/mol. The summed E-state index contributed by atoms with van der Waals surface area (Å²) in [5.74, 6) is 0. The van der Waals surface area contributed by atoms with Crippen molar-refractivity contribution in [3.63, 3.8) is 0 Å². The van der Waals surface area contributed by atoms with Crippen molar-refractivity contribution in [2.24, 2.45) is 0 Å². The molecule has 8 rings (SSSR count). The van der Waals surface area contributed by atoms with E-state index in [4.69, 9.17) is 0 Å². The smallest absolute Gasteiger partial charge is 0.101 e. The Morgan fingerprint density at radius 2 is 0.911 bits per heavy atom. The van der Waals surface area contributed by atoms with E-state index in [2.05, 4.69) is 82.7 Å². The standard InChI is InChI=1S/C40H17BrN4/c41-35-15-14-30-36-28(35)12-5-13-29(36)39-37(26-10-3-8-24(18-42)33(26)20-44)31-16-22-6-1-2-7-23(22)17-32(31)38(40(30)39)27-11-4-9-25(19-43)34(27)21-45/h1-17H.